The number of aliphatic hydroxyl groups is 1. The molecule has 2 atom stereocenters. The minimum atomic E-state index is -0.559. The number of imide groups is 1. The van der Waals surface area contributed by atoms with Crippen molar-refractivity contribution in [2.24, 2.45) is 10.9 Å². The summed E-state index contributed by atoms with van der Waals surface area (Å²) in [6, 6.07) is -0.992. The highest BCUT2D eigenvalue weighted by atomic mass is 16.3. The van der Waals surface area contributed by atoms with Gasteiger partial charge < -0.3 is 20.2 Å². The maximum Gasteiger partial charge on any atom is 0.325 e. The van der Waals surface area contributed by atoms with Crippen LogP contribution in [0.25, 0.3) is 0 Å². The summed E-state index contributed by atoms with van der Waals surface area (Å²) in [5.74, 6) is 0.573. The summed E-state index contributed by atoms with van der Waals surface area (Å²) in [4.78, 5) is 31.3. The molecule has 2 aliphatic rings. The number of urea groups is 1. The van der Waals surface area contributed by atoms with Crippen molar-refractivity contribution in [3.05, 3.63) is 0 Å². The van der Waals surface area contributed by atoms with Crippen LogP contribution >= 0.6 is 0 Å². The second kappa shape index (κ2) is 5.66. The number of carbonyl (C=O) groups excluding carboxylic acids is 2. The SMILES string of the molecule is CC(C)CN=C1NC2C(C(=O)NC(=O)N2C)N1CCO. The van der Waals surface area contributed by atoms with Crippen LogP contribution in [-0.4, -0.2) is 71.8 Å². The zero-order valence-electron chi connectivity index (χ0n) is 12.0. The van der Waals surface area contributed by atoms with Crippen molar-refractivity contribution >= 4 is 17.9 Å². The van der Waals surface area contributed by atoms with Gasteiger partial charge in [0.2, 0.25) is 0 Å². The van der Waals surface area contributed by atoms with Crippen LogP contribution < -0.4 is 10.6 Å². The van der Waals surface area contributed by atoms with Crippen molar-refractivity contribution in [3.8, 4) is 0 Å². The molecule has 0 aromatic heterocycles. The van der Waals surface area contributed by atoms with Gasteiger partial charge in [0.25, 0.3) is 5.91 Å². The summed E-state index contributed by atoms with van der Waals surface area (Å²) in [5.41, 5.74) is 0. The molecule has 0 bridgehead atoms. The lowest BCUT2D eigenvalue weighted by Gasteiger charge is -2.35. The topological polar surface area (TPSA) is 97.3 Å². The third-order valence-corrected chi connectivity index (χ3v) is 3.37. The minimum Gasteiger partial charge on any atom is -0.395 e. The van der Waals surface area contributed by atoms with Crippen molar-refractivity contribution in [1.29, 1.82) is 0 Å². The number of hydrogen-bond donors (Lipinski definition) is 3. The van der Waals surface area contributed by atoms with Gasteiger partial charge >= 0.3 is 6.03 Å². The Morgan fingerprint density at radius 2 is 2.10 bits per heavy atom. The highest BCUT2D eigenvalue weighted by Crippen LogP contribution is 2.20. The molecule has 8 heteroatoms. The molecular formula is C12H21N5O3. The summed E-state index contributed by atoms with van der Waals surface area (Å²) >= 11 is 0. The van der Waals surface area contributed by atoms with Crippen LogP contribution in [-0.2, 0) is 4.79 Å². The van der Waals surface area contributed by atoms with E-state index in [9.17, 15) is 14.7 Å². The maximum atomic E-state index is 12.0. The molecule has 3 amide bonds. The first-order chi connectivity index (χ1) is 9.45. The van der Waals surface area contributed by atoms with Gasteiger partial charge in [-0.3, -0.25) is 15.1 Å². The van der Waals surface area contributed by atoms with Gasteiger partial charge in [-0.15, -0.1) is 0 Å². The first-order valence-corrected chi connectivity index (χ1v) is 6.71. The normalized spacial score (nSPS) is 27.9. The van der Waals surface area contributed by atoms with Crippen molar-refractivity contribution < 1.29 is 14.7 Å². The fraction of sp³-hybridized carbons (Fsp3) is 0.750. The Morgan fingerprint density at radius 3 is 2.70 bits per heavy atom. The number of nitrogens with zero attached hydrogens (tertiary/aromatic N) is 3. The molecule has 2 aliphatic heterocycles. The summed E-state index contributed by atoms with van der Waals surface area (Å²) in [7, 11) is 1.62. The molecule has 3 N–H and O–H groups in total. The van der Waals surface area contributed by atoms with Gasteiger partial charge in [0, 0.05) is 20.1 Å². The molecule has 2 rings (SSSR count). The number of amides is 3. The highest BCUT2D eigenvalue weighted by Gasteiger charge is 2.49. The number of carbonyl (C=O) groups is 2. The maximum absolute atomic E-state index is 12.0. The van der Waals surface area contributed by atoms with E-state index >= 15 is 0 Å². The van der Waals surface area contributed by atoms with E-state index in [2.05, 4.69) is 15.6 Å². The number of rotatable bonds is 4. The first kappa shape index (κ1) is 14.6. The van der Waals surface area contributed by atoms with Crippen LogP contribution in [0.4, 0.5) is 4.79 Å². The van der Waals surface area contributed by atoms with Crippen molar-refractivity contribution in [3.63, 3.8) is 0 Å². The third-order valence-electron chi connectivity index (χ3n) is 3.37. The fourth-order valence-corrected chi connectivity index (χ4v) is 2.34. The fourth-order valence-electron chi connectivity index (χ4n) is 2.34. The number of hydrogen-bond acceptors (Lipinski definition) is 4. The molecule has 0 saturated carbocycles. The molecule has 2 saturated heterocycles. The lowest BCUT2D eigenvalue weighted by atomic mass is 10.1. The van der Waals surface area contributed by atoms with Crippen LogP contribution in [0, 0.1) is 5.92 Å². The first-order valence-electron chi connectivity index (χ1n) is 6.71. The van der Waals surface area contributed by atoms with Crippen molar-refractivity contribution in [2.45, 2.75) is 26.1 Å². The number of guanidine groups is 1. The van der Waals surface area contributed by atoms with E-state index in [4.69, 9.17) is 0 Å². The average molecular weight is 283 g/mol. The molecule has 2 heterocycles. The Hall–Kier alpha value is -1.83. The smallest absolute Gasteiger partial charge is 0.325 e. The zero-order valence-corrected chi connectivity index (χ0v) is 12.0. The van der Waals surface area contributed by atoms with Gasteiger partial charge in [0.1, 0.15) is 6.17 Å². The summed E-state index contributed by atoms with van der Waals surface area (Å²) < 4.78 is 0. The molecule has 2 unspecified atom stereocenters. The molecule has 112 valence electrons. The Labute approximate surface area is 117 Å². The molecule has 0 aromatic carbocycles. The molecule has 0 radical (unpaired) electrons. The minimum absolute atomic E-state index is 0.0868. The Bertz CT molecular complexity index is 437. The van der Waals surface area contributed by atoms with Gasteiger partial charge in [-0.2, -0.15) is 0 Å². The second-order valence-electron chi connectivity index (χ2n) is 5.41. The predicted molar refractivity (Wildman–Crippen MR) is 72.9 cm³/mol. The standard InChI is InChI=1S/C12H21N5O3/c1-7(2)6-13-11-14-9-8(17(11)4-5-18)10(19)15-12(20)16(9)3/h7-9,18H,4-6H2,1-3H3,(H,13,14)(H,15,19,20). The lowest BCUT2D eigenvalue weighted by molar-refractivity contribution is -0.127. The number of aliphatic hydroxyl groups excluding tert-OH is 1. The summed E-state index contributed by atoms with van der Waals surface area (Å²) in [6.07, 6.45) is -0.450. The van der Waals surface area contributed by atoms with E-state index in [1.54, 1.807) is 11.9 Å². The third kappa shape index (κ3) is 2.55. The number of nitrogens with one attached hydrogen (secondary N) is 2. The highest BCUT2D eigenvalue weighted by molar-refractivity contribution is 6.04. The molecule has 0 aromatic rings. The molecule has 8 nitrogen and oxygen atoms in total. The summed E-state index contributed by atoms with van der Waals surface area (Å²) in [5, 5.41) is 14.6. The van der Waals surface area contributed by atoms with Crippen LogP contribution in [0.1, 0.15) is 13.8 Å². The van der Waals surface area contributed by atoms with Gasteiger partial charge in [0.15, 0.2) is 12.0 Å². The lowest BCUT2D eigenvalue weighted by Crippen LogP contribution is -2.65. The Kier molecular flexibility index (Phi) is 4.12. The van der Waals surface area contributed by atoms with E-state index < -0.39 is 18.2 Å². The van der Waals surface area contributed by atoms with Crippen LogP contribution in [0.5, 0.6) is 0 Å². The van der Waals surface area contributed by atoms with E-state index in [0.29, 0.717) is 25.0 Å². The summed E-state index contributed by atoms with van der Waals surface area (Å²) in [6.45, 7) is 4.91. The molecule has 0 spiro atoms. The van der Waals surface area contributed by atoms with Crippen LogP contribution in [0.2, 0.25) is 0 Å². The molecular weight excluding hydrogens is 262 g/mol. The number of fused-ring (bicyclic) bond motifs is 1. The largest absolute Gasteiger partial charge is 0.395 e. The Morgan fingerprint density at radius 1 is 1.40 bits per heavy atom. The molecule has 0 aliphatic carbocycles. The Balaban J connectivity index is 2.26. The van der Waals surface area contributed by atoms with Crippen molar-refractivity contribution in [1.82, 2.24) is 20.4 Å². The second-order valence-corrected chi connectivity index (χ2v) is 5.41. The van der Waals surface area contributed by atoms with Crippen molar-refractivity contribution in [2.75, 3.05) is 26.7 Å². The van der Waals surface area contributed by atoms with Gasteiger partial charge in [-0.25, -0.2) is 4.79 Å². The monoisotopic (exact) mass is 283 g/mol. The van der Waals surface area contributed by atoms with Crippen LogP contribution in [0.15, 0.2) is 4.99 Å². The number of aliphatic imine (C=N–C) groups is 1. The van der Waals surface area contributed by atoms with E-state index in [0.717, 1.165) is 0 Å². The molecule has 2 fully saturated rings. The zero-order chi connectivity index (χ0) is 14.9. The van der Waals surface area contributed by atoms with E-state index in [-0.39, 0.29) is 12.5 Å². The van der Waals surface area contributed by atoms with Gasteiger partial charge in [0.05, 0.1) is 6.61 Å². The van der Waals surface area contributed by atoms with Gasteiger partial charge in [-0.05, 0) is 5.92 Å². The predicted octanol–water partition coefficient (Wildman–Crippen LogP) is -1.23. The number of likely N-dealkylation sites (N-methyl/N-ethyl adjacent to an activating group) is 1. The van der Waals surface area contributed by atoms with E-state index in [1.165, 1.54) is 4.90 Å². The number of β-amino-alcohol motifs (C(OH)–C–C–N with tert-alkyl or cyclic N) is 1. The van der Waals surface area contributed by atoms with Gasteiger partial charge in [-0.1, -0.05) is 13.8 Å². The van der Waals surface area contributed by atoms with Crippen LogP contribution in [0.3, 0.4) is 0 Å². The van der Waals surface area contributed by atoms with E-state index in [1.807, 2.05) is 13.8 Å². The quantitative estimate of drug-likeness (QED) is 0.600. The molecule has 20 heavy (non-hydrogen) atoms. The average Bonchev–Trinajstić information content (AvgIpc) is 2.74.